The Bertz CT molecular complexity index is 737. The maximum atomic E-state index is 13.2. The molecule has 29 heavy (non-hydrogen) atoms. The van der Waals surface area contributed by atoms with E-state index in [-0.39, 0.29) is 39.7 Å². The van der Waals surface area contributed by atoms with E-state index < -0.39 is 29.6 Å². The van der Waals surface area contributed by atoms with Crippen molar-refractivity contribution in [2.24, 2.45) is 23.7 Å². The zero-order valence-corrected chi connectivity index (χ0v) is 18.9. The third-order valence-electron chi connectivity index (χ3n) is 7.75. The molecule has 8 heteroatoms. The van der Waals surface area contributed by atoms with Gasteiger partial charge in [-0.05, 0) is 46.0 Å². The molecule has 5 rings (SSSR count). The third kappa shape index (κ3) is 3.28. The first-order valence-electron chi connectivity index (χ1n) is 10.8. The van der Waals surface area contributed by atoms with Gasteiger partial charge in [0.25, 0.3) is 0 Å². The quantitative estimate of drug-likeness (QED) is 0.196. The van der Waals surface area contributed by atoms with E-state index in [0.717, 1.165) is 25.7 Å². The van der Waals surface area contributed by atoms with E-state index in [2.05, 4.69) is 27.9 Å². The number of fused-ring (bicyclic) bond motifs is 1. The number of ether oxygens (including phenoxy) is 3. The molecule has 0 aromatic carbocycles. The molecule has 0 radical (unpaired) electrons. The molecule has 2 heterocycles. The lowest BCUT2D eigenvalue weighted by Gasteiger charge is -2.36. The van der Waals surface area contributed by atoms with Crippen molar-refractivity contribution in [3.8, 4) is 0 Å². The fraction of sp³-hybridized carbons (Fsp3) is 0.857. The van der Waals surface area contributed by atoms with Gasteiger partial charge in [-0.3, -0.25) is 14.4 Å². The highest BCUT2D eigenvalue weighted by Gasteiger charge is 2.70. The van der Waals surface area contributed by atoms with Gasteiger partial charge in [0.2, 0.25) is 0 Å². The Morgan fingerprint density at radius 2 is 1.93 bits per heavy atom. The van der Waals surface area contributed by atoms with Crippen LogP contribution in [0.15, 0.2) is 0 Å². The second-order valence-corrected chi connectivity index (χ2v) is 11.1. The highest BCUT2D eigenvalue weighted by molar-refractivity contribution is 14.1. The highest BCUT2D eigenvalue weighted by atomic mass is 127. The molecule has 2 aliphatic heterocycles. The minimum atomic E-state index is -0.562. The molecule has 9 atom stereocenters. The second kappa shape index (κ2) is 7.07. The molecule has 5 aliphatic rings. The molecular formula is C21H28INO6. The van der Waals surface area contributed by atoms with Crippen molar-refractivity contribution in [3.05, 3.63) is 0 Å². The molecule has 0 amide bonds. The molecule has 0 spiro atoms. The van der Waals surface area contributed by atoms with Gasteiger partial charge in [-0.1, -0.05) is 29.0 Å². The lowest BCUT2D eigenvalue weighted by atomic mass is 9.78. The molecule has 2 bridgehead atoms. The van der Waals surface area contributed by atoms with Crippen LogP contribution in [0, 0.1) is 23.7 Å². The summed E-state index contributed by atoms with van der Waals surface area (Å²) in [5.74, 6) is -2.19. The number of esters is 3. The predicted molar refractivity (Wildman–Crippen MR) is 110 cm³/mol. The van der Waals surface area contributed by atoms with Gasteiger partial charge in [0, 0.05) is 23.9 Å². The number of rotatable bonds is 5. The maximum absolute atomic E-state index is 13.2. The first kappa shape index (κ1) is 20.0. The minimum absolute atomic E-state index is 0.0485. The summed E-state index contributed by atoms with van der Waals surface area (Å²) >= 11 is 2.11. The van der Waals surface area contributed by atoms with E-state index in [9.17, 15) is 14.4 Å². The number of carbonyl (C=O) groups excluding carboxylic acids is 3. The topological polar surface area (TPSA) is 101 Å². The average molecular weight is 517 g/mol. The average Bonchev–Trinajstić information content (AvgIpc) is 3.03. The smallest absolute Gasteiger partial charge is 0.320 e. The van der Waals surface area contributed by atoms with E-state index in [4.69, 9.17) is 14.2 Å². The monoisotopic (exact) mass is 517 g/mol. The van der Waals surface area contributed by atoms with Crippen LogP contribution in [0.25, 0.3) is 0 Å². The number of hydrogen-bond acceptors (Lipinski definition) is 7. The zero-order chi connectivity index (χ0) is 20.5. The SMILES string of the molecule is CC1NC1C(I)C(=O)OC1C2CC3C1OC(=O)C3C2C(=O)OC1(C)CCCCC1. The van der Waals surface area contributed by atoms with Crippen LogP contribution in [0.3, 0.4) is 0 Å². The number of carbonyl (C=O) groups is 3. The Balaban J connectivity index is 1.32. The predicted octanol–water partition coefficient (Wildman–Crippen LogP) is 2.14. The zero-order valence-electron chi connectivity index (χ0n) is 16.8. The maximum Gasteiger partial charge on any atom is 0.320 e. The fourth-order valence-corrected chi connectivity index (χ4v) is 7.09. The molecule has 3 saturated carbocycles. The Kier molecular flexibility index (Phi) is 4.88. The molecular weight excluding hydrogens is 489 g/mol. The van der Waals surface area contributed by atoms with Crippen LogP contribution < -0.4 is 5.32 Å². The van der Waals surface area contributed by atoms with E-state index in [1.54, 1.807) is 0 Å². The van der Waals surface area contributed by atoms with Gasteiger partial charge in [-0.2, -0.15) is 0 Å². The van der Waals surface area contributed by atoms with Gasteiger partial charge < -0.3 is 19.5 Å². The van der Waals surface area contributed by atoms with Crippen LogP contribution in [0.1, 0.15) is 52.4 Å². The van der Waals surface area contributed by atoms with Crippen molar-refractivity contribution in [2.75, 3.05) is 0 Å². The number of alkyl halides is 1. The largest absolute Gasteiger partial charge is 0.459 e. The first-order chi connectivity index (χ1) is 13.8. The summed E-state index contributed by atoms with van der Waals surface area (Å²) in [6.45, 7) is 4.03. The van der Waals surface area contributed by atoms with Crippen LogP contribution in [-0.2, 0) is 28.6 Å². The van der Waals surface area contributed by atoms with E-state index in [1.165, 1.54) is 6.42 Å². The normalized spacial score (nSPS) is 44.9. The molecule has 160 valence electrons. The number of halogens is 1. The van der Waals surface area contributed by atoms with Crippen molar-refractivity contribution in [3.63, 3.8) is 0 Å². The lowest BCUT2D eigenvalue weighted by Crippen LogP contribution is -2.46. The second-order valence-electron chi connectivity index (χ2n) is 9.73. The van der Waals surface area contributed by atoms with Gasteiger partial charge in [0.15, 0.2) is 0 Å². The van der Waals surface area contributed by atoms with Gasteiger partial charge >= 0.3 is 17.9 Å². The van der Waals surface area contributed by atoms with Crippen LogP contribution in [-0.4, -0.2) is 51.7 Å². The Labute approximate surface area is 184 Å². The van der Waals surface area contributed by atoms with Crippen LogP contribution in [0.5, 0.6) is 0 Å². The molecule has 9 unspecified atom stereocenters. The van der Waals surface area contributed by atoms with Gasteiger partial charge in [0.1, 0.15) is 21.7 Å². The Morgan fingerprint density at radius 3 is 2.59 bits per heavy atom. The molecule has 1 N–H and O–H groups in total. The summed E-state index contributed by atoms with van der Waals surface area (Å²) in [7, 11) is 0. The number of hydrogen-bond donors (Lipinski definition) is 1. The van der Waals surface area contributed by atoms with E-state index in [1.807, 2.05) is 13.8 Å². The third-order valence-corrected chi connectivity index (χ3v) is 9.04. The molecule has 3 aliphatic carbocycles. The summed E-state index contributed by atoms with van der Waals surface area (Å²) < 4.78 is 17.1. The standard InChI is InChI=1S/C21H28INO6/c1-9-15(23-9)14(22)20(26)28-17-11-8-10-12(18(24)27-16(10)17)13(11)19(25)29-21(2)6-4-3-5-7-21/h9-17,23H,3-8H2,1-2H3. The number of nitrogens with one attached hydrogen (secondary N) is 1. The van der Waals surface area contributed by atoms with Crippen molar-refractivity contribution in [1.82, 2.24) is 5.32 Å². The summed E-state index contributed by atoms with van der Waals surface area (Å²) in [5, 5.41) is 3.22. The lowest BCUT2D eigenvalue weighted by molar-refractivity contribution is -0.175. The summed E-state index contributed by atoms with van der Waals surface area (Å²) in [5.41, 5.74) is -0.452. The van der Waals surface area contributed by atoms with Crippen molar-refractivity contribution < 1.29 is 28.6 Å². The summed E-state index contributed by atoms with van der Waals surface area (Å²) in [4.78, 5) is 38.4. The van der Waals surface area contributed by atoms with Gasteiger partial charge in [-0.15, -0.1) is 0 Å². The molecule has 0 aromatic heterocycles. The highest BCUT2D eigenvalue weighted by Crippen LogP contribution is 2.59. The Hall–Kier alpha value is -0.900. The van der Waals surface area contributed by atoms with E-state index in [0.29, 0.717) is 12.5 Å². The van der Waals surface area contributed by atoms with Crippen LogP contribution in [0.2, 0.25) is 0 Å². The first-order valence-corrected chi connectivity index (χ1v) is 12.1. The fourth-order valence-electron chi connectivity index (χ4n) is 6.11. The van der Waals surface area contributed by atoms with Gasteiger partial charge in [-0.25, -0.2) is 0 Å². The molecule has 2 saturated heterocycles. The van der Waals surface area contributed by atoms with Crippen molar-refractivity contribution in [2.45, 2.75) is 86.2 Å². The van der Waals surface area contributed by atoms with Gasteiger partial charge in [0.05, 0.1) is 11.8 Å². The van der Waals surface area contributed by atoms with Crippen molar-refractivity contribution >= 4 is 40.5 Å². The van der Waals surface area contributed by atoms with Crippen molar-refractivity contribution in [1.29, 1.82) is 0 Å². The van der Waals surface area contributed by atoms with E-state index >= 15 is 0 Å². The van der Waals surface area contributed by atoms with Crippen LogP contribution in [0.4, 0.5) is 0 Å². The minimum Gasteiger partial charge on any atom is -0.459 e. The Morgan fingerprint density at radius 1 is 1.24 bits per heavy atom. The summed E-state index contributed by atoms with van der Waals surface area (Å²) in [6, 6.07) is 0.421. The molecule has 0 aromatic rings. The van der Waals surface area contributed by atoms with Crippen LogP contribution >= 0.6 is 22.6 Å². The molecule has 7 nitrogen and oxygen atoms in total. The summed E-state index contributed by atoms with van der Waals surface area (Å²) in [6.07, 6.45) is 4.72. The molecule has 5 fully saturated rings.